The van der Waals surface area contributed by atoms with Gasteiger partial charge in [0.05, 0.1) is 6.26 Å². The van der Waals surface area contributed by atoms with Gasteiger partial charge < -0.3 is 10.6 Å². The lowest BCUT2D eigenvalue weighted by Gasteiger charge is -2.35. The molecule has 1 aromatic rings. The zero-order valence-corrected chi connectivity index (χ0v) is 12.2. The Morgan fingerprint density at radius 3 is 2.47 bits per heavy atom. The highest BCUT2D eigenvalue weighted by Gasteiger charge is 2.24. The van der Waals surface area contributed by atoms with Gasteiger partial charge in [0, 0.05) is 55.9 Å². The summed E-state index contributed by atoms with van der Waals surface area (Å²) in [6.45, 7) is 4.78. The third-order valence-electron chi connectivity index (χ3n) is 3.37. The van der Waals surface area contributed by atoms with Crippen LogP contribution in [-0.2, 0) is 16.6 Å². The molecule has 0 saturated carbocycles. The van der Waals surface area contributed by atoms with Crippen molar-refractivity contribution in [3.05, 3.63) is 23.5 Å². The van der Waals surface area contributed by atoms with Crippen molar-refractivity contribution in [2.24, 2.45) is 5.73 Å². The van der Waals surface area contributed by atoms with E-state index in [4.69, 9.17) is 5.73 Å². The number of pyridine rings is 1. The van der Waals surface area contributed by atoms with Gasteiger partial charge in [0.15, 0.2) is 0 Å². The van der Waals surface area contributed by atoms with Gasteiger partial charge in [-0.1, -0.05) is 0 Å². The second-order valence-electron chi connectivity index (χ2n) is 4.81. The molecule has 0 radical (unpaired) electrons. The number of aryl methyl sites for hydroxylation is 1. The molecule has 1 aliphatic rings. The van der Waals surface area contributed by atoms with Crippen molar-refractivity contribution >= 4 is 15.7 Å². The van der Waals surface area contributed by atoms with Crippen molar-refractivity contribution in [1.82, 2.24) is 9.29 Å². The van der Waals surface area contributed by atoms with E-state index in [2.05, 4.69) is 9.88 Å². The summed E-state index contributed by atoms with van der Waals surface area (Å²) in [5.41, 5.74) is 8.74. The van der Waals surface area contributed by atoms with E-state index in [1.54, 1.807) is 6.20 Å². The number of rotatable bonds is 3. The number of piperazine rings is 1. The molecule has 0 unspecified atom stereocenters. The van der Waals surface area contributed by atoms with E-state index >= 15 is 0 Å². The Morgan fingerprint density at radius 2 is 1.95 bits per heavy atom. The zero-order chi connectivity index (χ0) is 14.0. The summed E-state index contributed by atoms with van der Waals surface area (Å²) in [5, 5.41) is 0. The van der Waals surface area contributed by atoms with E-state index in [0.717, 1.165) is 16.9 Å². The lowest BCUT2D eigenvalue weighted by molar-refractivity contribution is 0.387. The molecule has 1 aromatic heterocycles. The molecular weight excluding hydrogens is 264 g/mol. The van der Waals surface area contributed by atoms with Crippen LogP contribution in [0.5, 0.6) is 0 Å². The highest BCUT2D eigenvalue weighted by Crippen LogP contribution is 2.22. The Bertz CT molecular complexity index is 551. The highest BCUT2D eigenvalue weighted by atomic mass is 32.2. The van der Waals surface area contributed by atoms with E-state index in [1.807, 2.05) is 13.0 Å². The first-order valence-corrected chi connectivity index (χ1v) is 8.12. The fourth-order valence-corrected chi connectivity index (χ4v) is 3.11. The van der Waals surface area contributed by atoms with Crippen LogP contribution in [-0.4, -0.2) is 50.1 Å². The van der Waals surface area contributed by atoms with Crippen molar-refractivity contribution in [2.75, 3.05) is 37.3 Å². The summed E-state index contributed by atoms with van der Waals surface area (Å²) in [6, 6.07) is 2.01. The van der Waals surface area contributed by atoms with E-state index in [1.165, 1.54) is 10.6 Å². The summed E-state index contributed by atoms with van der Waals surface area (Å²) in [6.07, 6.45) is 3.05. The Balaban J connectivity index is 2.16. The predicted octanol–water partition coefficient (Wildman–Crippen LogP) is -0.0697. The minimum Gasteiger partial charge on any atom is -0.369 e. The van der Waals surface area contributed by atoms with E-state index in [-0.39, 0.29) is 0 Å². The SMILES string of the molecule is Cc1cc(N2CCN(S(C)(=O)=O)CC2)c(CN)cn1. The molecule has 0 bridgehead atoms. The van der Waals surface area contributed by atoms with E-state index in [0.29, 0.717) is 32.7 Å². The van der Waals surface area contributed by atoms with Crippen molar-refractivity contribution < 1.29 is 8.42 Å². The van der Waals surface area contributed by atoms with Gasteiger partial charge >= 0.3 is 0 Å². The third kappa shape index (κ3) is 3.23. The molecule has 0 aromatic carbocycles. The molecule has 0 spiro atoms. The molecule has 2 heterocycles. The van der Waals surface area contributed by atoms with Crippen molar-refractivity contribution in [3.63, 3.8) is 0 Å². The van der Waals surface area contributed by atoms with Gasteiger partial charge in [0.25, 0.3) is 0 Å². The van der Waals surface area contributed by atoms with Crippen LogP contribution in [0.25, 0.3) is 0 Å². The third-order valence-corrected chi connectivity index (χ3v) is 4.67. The monoisotopic (exact) mass is 284 g/mol. The first-order valence-electron chi connectivity index (χ1n) is 6.27. The van der Waals surface area contributed by atoms with Crippen LogP contribution in [0, 0.1) is 6.92 Å². The number of nitrogens with zero attached hydrogens (tertiary/aromatic N) is 3. The number of hydrogen-bond acceptors (Lipinski definition) is 5. The molecule has 0 atom stereocenters. The summed E-state index contributed by atoms with van der Waals surface area (Å²) < 4.78 is 24.5. The Morgan fingerprint density at radius 1 is 1.32 bits per heavy atom. The molecule has 19 heavy (non-hydrogen) atoms. The number of sulfonamides is 1. The smallest absolute Gasteiger partial charge is 0.211 e. The minimum absolute atomic E-state index is 0.439. The molecule has 1 saturated heterocycles. The van der Waals surface area contributed by atoms with Crippen LogP contribution in [0.4, 0.5) is 5.69 Å². The topological polar surface area (TPSA) is 79.5 Å². The van der Waals surface area contributed by atoms with Crippen LogP contribution in [0.15, 0.2) is 12.3 Å². The first-order chi connectivity index (χ1) is 8.91. The predicted molar refractivity (Wildman–Crippen MR) is 75.5 cm³/mol. The molecule has 0 amide bonds. The van der Waals surface area contributed by atoms with Gasteiger partial charge in [0.2, 0.25) is 10.0 Å². The first kappa shape index (κ1) is 14.2. The van der Waals surface area contributed by atoms with Gasteiger partial charge in [-0.25, -0.2) is 8.42 Å². The maximum absolute atomic E-state index is 11.5. The molecule has 0 aliphatic carbocycles. The number of anilines is 1. The highest BCUT2D eigenvalue weighted by molar-refractivity contribution is 7.88. The maximum atomic E-state index is 11.5. The standard InChI is InChI=1S/C12H20N4O2S/c1-10-7-12(11(8-13)9-14-10)15-3-5-16(6-4-15)19(2,17)18/h7,9H,3-6,8,13H2,1-2H3. The Kier molecular flexibility index (Phi) is 4.07. The van der Waals surface area contributed by atoms with E-state index < -0.39 is 10.0 Å². The number of nitrogens with two attached hydrogens (primary N) is 1. The molecule has 7 heteroatoms. The summed E-state index contributed by atoms with van der Waals surface area (Å²) in [7, 11) is -3.09. The summed E-state index contributed by atoms with van der Waals surface area (Å²) in [4.78, 5) is 6.43. The lowest BCUT2D eigenvalue weighted by atomic mass is 10.1. The quantitative estimate of drug-likeness (QED) is 0.840. The van der Waals surface area contributed by atoms with Crippen molar-refractivity contribution in [3.8, 4) is 0 Å². The second kappa shape index (κ2) is 5.44. The molecular formula is C12H20N4O2S. The fourth-order valence-electron chi connectivity index (χ4n) is 2.29. The molecule has 1 aliphatic heterocycles. The molecule has 6 nitrogen and oxygen atoms in total. The normalized spacial score (nSPS) is 17.7. The molecule has 106 valence electrons. The van der Waals surface area contributed by atoms with Crippen LogP contribution in [0.1, 0.15) is 11.3 Å². The molecule has 1 fully saturated rings. The lowest BCUT2D eigenvalue weighted by Crippen LogP contribution is -2.48. The van der Waals surface area contributed by atoms with Gasteiger partial charge in [-0.05, 0) is 13.0 Å². The van der Waals surface area contributed by atoms with E-state index in [9.17, 15) is 8.42 Å². The maximum Gasteiger partial charge on any atom is 0.211 e. The van der Waals surface area contributed by atoms with Crippen molar-refractivity contribution in [1.29, 1.82) is 0 Å². The van der Waals surface area contributed by atoms with Crippen LogP contribution in [0.2, 0.25) is 0 Å². The average molecular weight is 284 g/mol. The molecule has 2 rings (SSSR count). The van der Waals surface area contributed by atoms with Gasteiger partial charge in [0.1, 0.15) is 0 Å². The number of hydrogen-bond donors (Lipinski definition) is 1. The van der Waals surface area contributed by atoms with Crippen LogP contribution in [0.3, 0.4) is 0 Å². The number of aromatic nitrogens is 1. The van der Waals surface area contributed by atoms with Crippen LogP contribution < -0.4 is 10.6 Å². The van der Waals surface area contributed by atoms with Crippen LogP contribution >= 0.6 is 0 Å². The van der Waals surface area contributed by atoms with Gasteiger partial charge in [-0.15, -0.1) is 0 Å². The Hall–Kier alpha value is -1.18. The second-order valence-corrected chi connectivity index (χ2v) is 6.79. The Labute approximate surface area is 114 Å². The zero-order valence-electron chi connectivity index (χ0n) is 11.3. The summed E-state index contributed by atoms with van der Waals surface area (Å²) in [5.74, 6) is 0. The average Bonchev–Trinajstić information content (AvgIpc) is 2.38. The summed E-state index contributed by atoms with van der Waals surface area (Å²) >= 11 is 0. The largest absolute Gasteiger partial charge is 0.369 e. The fraction of sp³-hybridized carbons (Fsp3) is 0.583. The minimum atomic E-state index is -3.09. The molecule has 2 N–H and O–H groups in total. The van der Waals surface area contributed by atoms with Gasteiger partial charge in [-0.3, -0.25) is 4.98 Å². The van der Waals surface area contributed by atoms with Crippen molar-refractivity contribution in [2.45, 2.75) is 13.5 Å². The van der Waals surface area contributed by atoms with Gasteiger partial charge in [-0.2, -0.15) is 4.31 Å².